The monoisotopic (exact) mass is 352 g/mol. The first-order valence-corrected chi connectivity index (χ1v) is 8.88. The molecule has 2 aromatic carbocycles. The maximum atomic E-state index is 12.3. The second-order valence-electron chi connectivity index (χ2n) is 6.53. The maximum Gasteiger partial charge on any atom is 0.224 e. The van der Waals surface area contributed by atoms with E-state index in [1.807, 2.05) is 47.4 Å². The number of carbonyl (C=O) groups is 2. The summed E-state index contributed by atoms with van der Waals surface area (Å²) in [5.41, 5.74) is 2.06. The number of carbonyl (C=O) groups excluding carboxylic acids is 2. The molecular weight excluding hydrogens is 328 g/mol. The number of methoxy groups -OCH3 is 1. The van der Waals surface area contributed by atoms with Crippen molar-refractivity contribution in [2.75, 3.05) is 20.2 Å². The Morgan fingerprint density at radius 1 is 1.15 bits per heavy atom. The van der Waals surface area contributed by atoms with E-state index in [-0.39, 0.29) is 24.3 Å². The summed E-state index contributed by atoms with van der Waals surface area (Å²) in [4.78, 5) is 26.4. The molecule has 0 bridgehead atoms. The van der Waals surface area contributed by atoms with Crippen molar-refractivity contribution in [2.45, 2.75) is 25.3 Å². The molecule has 2 amide bonds. The van der Waals surface area contributed by atoms with Crippen molar-refractivity contribution in [1.82, 2.24) is 10.2 Å². The summed E-state index contributed by atoms with van der Waals surface area (Å²) in [6.45, 7) is 1.26. The van der Waals surface area contributed by atoms with Gasteiger partial charge in [-0.2, -0.15) is 0 Å². The molecule has 3 rings (SSSR count). The van der Waals surface area contributed by atoms with Crippen molar-refractivity contribution < 1.29 is 14.3 Å². The van der Waals surface area contributed by atoms with Gasteiger partial charge in [-0.1, -0.05) is 48.5 Å². The van der Waals surface area contributed by atoms with Crippen molar-refractivity contribution in [2.24, 2.45) is 0 Å². The van der Waals surface area contributed by atoms with Crippen molar-refractivity contribution in [1.29, 1.82) is 0 Å². The molecule has 1 saturated heterocycles. The average Bonchev–Trinajstić information content (AvgIpc) is 3.00. The van der Waals surface area contributed by atoms with Crippen LogP contribution in [-0.2, 0) is 22.4 Å². The Kier molecular flexibility index (Phi) is 5.89. The predicted molar refractivity (Wildman–Crippen MR) is 100.0 cm³/mol. The number of amides is 2. The SMILES string of the molecule is COc1ccccc1CC(=O)N[C@H]1CC(=O)N(CCc2ccccc2)C1. The van der Waals surface area contributed by atoms with Crippen LogP contribution in [0, 0.1) is 0 Å². The number of likely N-dealkylation sites (tertiary alicyclic amines) is 1. The molecule has 1 aliphatic heterocycles. The van der Waals surface area contributed by atoms with Crippen molar-refractivity contribution in [3.63, 3.8) is 0 Å². The van der Waals surface area contributed by atoms with Crippen LogP contribution in [-0.4, -0.2) is 43.0 Å². The fourth-order valence-electron chi connectivity index (χ4n) is 3.29. The molecule has 1 N–H and O–H groups in total. The molecule has 0 radical (unpaired) electrons. The second-order valence-corrected chi connectivity index (χ2v) is 6.53. The standard InChI is InChI=1S/C21H24N2O3/c1-26-19-10-6-5-9-17(19)13-20(24)22-18-14-21(25)23(15-18)12-11-16-7-3-2-4-8-16/h2-10,18H,11-15H2,1H3,(H,22,24)/t18-/m0/s1. The van der Waals surface area contributed by atoms with E-state index in [0.717, 1.165) is 12.0 Å². The minimum absolute atomic E-state index is 0.0859. The lowest BCUT2D eigenvalue weighted by atomic mass is 10.1. The van der Waals surface area contributed by atoms with E-state index in [0.29, 0.717) is 25.3 Å². The predicted octanol–water partition coefficient (Wildman–Crippen LogP) is 2.20. The molecule has 2 aromatic rings. The summed E-state index contributed by atoms with van der Waals surface area (Å²) in [5, 5.41) is 2.98. The van der Waals surface area contributed by atoms with Gasteiger partial charge in [0, 0.05) is 25.1 Å². The van der Waals surface area contributed by atoms with Gasteiger partial charge in [-0.05, 0) is 18.1 Å². The van der Waals surface area contributed by atoms with E-state index in [4.69, 9.17) is 4.74 Å². The Morgan fingerprint density at radius 2 is 1.88 bits per heavy atom. The lowest BCUT2D eigenvalue weighted by molar-refractivity contribution is -0.127. The highest BCUT2D eigenvalue weighted by Gasteiger charge is 2.30. The molecule has 0 aromatic heterocycles. The highest BCUT2D eigenvalue weighted by atomic mass is 16.5. The fraction of sp³-hybridized carbons (Fsp3) is 0.333. The van der Waals surface area contributed by atoms with Crippen LogP contribution < -0.4 is 10.1 Å². The average molecular weight is 352 g/mol. The van der Waals surface area contributed by atoms with Gasteiger partial charge in [0.25, 0.3) is 0 Å². The van der Waals surface area contributed by atoms with E-state index < -0.39 is 0 Å². The van der Waals surface area contributed by atoms with Crippen molar-refractivity contribution in [3.8, 4) is 5.75 Å². The van der Waals surface area contributed by atoms with Gasteiger partial charge in [-0.15, -0.1) is 0 Å². The molecule has 1 atom stereocenters. The van der Waals surface area contributed by atoms with Crippen LogP contribution in [0.2, 0.25) is 0 Å². The van der Waals surface area contributed by atoms with Crippen LogP contribution in [0.1, 0.15) is 17.5 Å². The molecule has 1 fully saturated rings. The zero-order valence-electron chi connectivity index (χ0n) is 15.0. The minimum atomic E-state index is -0.125. The van der Waals surface area contributed by atoms with Crippen LogP contribution in [0.15, 0.2) is 54.6 Å². The van der Waals surface area contributed by atoms with Crippen LogP contribution in [0.4, 0.5) is 0 Å². The number of nitrogens with one attached hydrogen (secondary N) is 1. The Labute approximate surface area is 154 Å². The number of hydrogen-bond acceptors (Lipinski definition) is 3. The smallest absolute Gasteiger partial charge is 0.224 e. The highest BCUT2D eigenvalue weighted by molar-refractivity contribution is 5.83. The van der Waals surface area contributed by atoms with E-state index in [1.54, 1.807) is 7.11 Å². The van der Waals surface area contributed by atoms with Crippen LogP contribution in [0.5, 0.6) is 5.75 Å². The third-order valence-electron chi connectivity index (χ3n) is 4.64. The summed E-state index contributed by atoms with van der Waals surface area (Å²) >= 11 is 0. The fourth-order valence-corrected chi connectivity index (χ4v) is 3.29. The van der Waals surface area contributed by atoms with Crippen LogP contribution in [0.3, 0.4) is 0 Å². The van der Waals surface area contributed by atoms with Crippen molar-refractivity contribution >= 4 is 11.8 Å². The lowest BCUT2D eigenvalue weighted by Crippen LogP contribution is -2.38. The summed E-state index contributed by atoms with van der Waals surface area (Å²) in [5.74, 6) is 0.718. The van der Waals surface area contributed by atoms with Gasteiger partial charge >= 0.3 is 0 Å². The first kappa shape index (κ1) is 18.0. The molecule has 0 unspecified atom stereocenters. The maximum absolute atomic E-state index is 12.3. The number of ether oxygens (including phenoxy) is 1. The number of nitrogens with zero attached hydrogens (tertiary/aromatic N) is 1. The largest absolute Gasteiger partial charge is 0.496 e. The first-order valence-electron chi connectivity index (χ1n) is 8.88. The van der Waals surface area contributed by atoms with Crippen LogP contribution >= 0.6 is 0 Å². The Bertz CT molecular complexity index is 761. The topological polar surface area (TPSA) is 58.6 Å². The summed E-state index contributed by atoms with van der Waals surface area (Å²) in [6, 6.07) is 17.5. The second kappa shape index (κ2) is 8.52. The lowest BCUT2D eigenvalue weighted by Gasteiger charge is -2.17. The Morgan fingerprint density at radius 3 is 2.65 bits per heavy atom. The number of benzene rings is 2. The van der Waals surface area contributed by atoms with Crippen molar-refractivity contribution in [3.05, 3.63) is 65.7 Å². The van der Waals surface area contributed by atoms with Gasteiger partial charge in [0.15, 0.2) is 0 Å². The molecule has 0 spiro atoms. The van der Waals surface area contributed by atoms with E-state index in [1.165, 1.54) is 5.56 Å². The van der Waals surface area contributed by atoms with E-state index in [9.17, 15) is 9.59 Å². The number of para-hydroxylation sites is 1. The molecule has 5 nitrogen and oxygen atoms in total. The van der Waals surface area contributed by atoms with Gasteiger partial charge in [0.2, 0.25) is 11.8 Å². The zero-order valence-corrected chi connectivity index (χ0v) is 15.0. The van der Waals surface area contributed by atoms with Gasteiger partial charge in [0.05, 0.1) is 19.6 Å². The zero-order chi connectivity index (χ0) is 18.4. The molecular formula is C21H24N2O3. The number of hydrogen-bond donors (Lipinski definition) is 1. The van der Waals surface area contributed by atoms with Gasteiger partial charge < -0.3 is 15.0 Å². The van der Waals surface area contributed by atoms with E-state index in [2.05, 4.69) is 17.4 Å². The molecule has 1 aliphatic rings. The highest BCUT2D eigenvalue weighted by Crippen LogP contribution is 2.18. The molecule has 0 saturated carbocycles. The quantitative estimate of drug-likeness (QED) is 0.831. The summed E-state index contributed by atoms with van der Waals surface area (Å²) in [7, 11) is 1.59. The van der Waals surface area contributed by atoms with Gasteiger partial charge in [-0.25, -0.2) is 0 Å². The summed E-state index contributed by atoms with van der Waals surface area (Å²) < 4.78 is 5.28. The third-order valence-corrected chi connectivity index (χ3v) is 4.64. The molecule has 26 heavy (non-hydrogen) atoms. The molecule has 1 heterocycles. The third kappa shape index (κ3) is 4.63. The van der Waals surface area contributed by atoms with Gasteiger partial charge in [0.1, 0.15) is 5.75 Å². The van der Waals surface area contributed by atoms with E-state index >= 15 is 0 Å². The normalized spacial score (nSPS) is 16.6. The Balaban J connectivity index is 1.50. The number of rotatable bonds is 7. The summed E-state index contributed by atoms with van der Waals surface area (Å²) in [6.07, 6.45) is 1.44. The molecule has 136 valence electrons. The molecule has 5 heteroatoms. The molecule has 0 aliphatic carbocycles. The van der Waals surface area contributed by atoms with Crippen LogP contribution in [0.25, 0.3) is 0 Å². The van der Waals surface area contributed by atoms with Gasteiger partial charge in [-0.3, -0.25) is 9.59 Å². The minimum Gasteiger partial charge on any atom is -0.496 e. The Hall–Kier alpha value is -2.82. The first-order chi connectivity index (χ1) is 12.7.